The van der Waals surface area contributed by atoms with Gasteiger partial charge in [0.05, 0.1) is 24.8 Å². The van der Waals surface area contributed by atoms with E-state index < -0.39 is 23.6 Å². The Kier molecular flexibility index (Phi) is 7.17. The van der Waals surface area contributed by atoms with Gasteiger partial charge >= 0.3 is 11.7 Å². The summed E-state index contributed by atoms with van der Waals surface area (Å²) in [6, 6.07) is 9.45. The fourth-order valence-corrected chi connectivity index (χ4v) is 3.15. The molecule has 0 saturated heterocycles. The molecule has 0 spiro atoms. The molecule has 3 rings (SSSR count). The minimum absolute atomic E-state index is 0.0519. The number of carbonyl (C=O) groups is 2. The molecule has 10 heteroatoms. The summed E-state index contributed by atoms with van der Waals surface area (Å²) in [4.78, 5) is 41.4. The van der Waals surface area contributed by atoms with Crippen LogP contribution in [0.5, 0.6) is 0 Å². The zero-order chi connectivity index (χ0) is 23.1. The first kappa shape index (κ1) is 22.5. The van der Waals surface area contributed by atoms with E-state index in [9.17, 15) is 14.4 Å². The van der Waals surface area contributed by atoms with Crippen LogP contribution in [0.4, 0.5) is 0 Å². The number of hydrogen-bond acceptors (Lipinski definition) is 6. The molecule has 2 aromatic heterocycles. The van der Waals surface area contributed by atoms with Crippen LogP contribution in [0.3, 0.4) is 0 Å². The second-order valence-electron chi connectivity index (χ2n) is 6.95. The van der Waals surface area contributed by atoms with E-state index in [0.29, 0.717) is 16.8 Å². The molecule has 4 N–H and O–H groups in total. The maximum atomic E-state index is 12.7. The first-order valence-electron chi connectivity index (χ1n) is 9.96. The standard InChI is InChI=1S/C22H24N6O4/c1-2-32-20(30)12-18(16-4-3-9-25-13-16)26-19(29)14-27-10-11-28(22(27)31)17-7-5-15(6-8-17)21(23)24/h3-11,13,18H,2,12,14H2,1H3,(H3,23,24)(H,26,29). The van der Waals surface area contributed by atoms with Crippen LogP contribution in [0.1, 0.15) is 30.5 Å². The van der Waals surface area contributed by atoms with E-state index in [1.807, 2.05) is 0 Å². The minimum Gasteiger partial charge on any atom is -0.466 e. The number of ether oxygens (including phenoxy) is 1. The quantitative estimate of drug-likeness (QED) is 0.260. The number of nitrogens with one attached hydrogen (secondary N) is 2. The van der Waals surface area contributed by atoms with Crippen LogP contribution < -0.4 is 16.7 Å². The summed E-state index contributed by atoms with van der Waals surface area (Å²) in [7, 11) is 0. The van der Waals surface area contributed by atoms with Crippen molar-refractivity contribution in [3.8, 4) is 5.69 Å². The highest BCUT2D eigenvalue weighted by Crippen LogP contribution is 2.16. The number of hydrogen-bond donors (Lipinski definition) is 3. The molecule has 1 amide bonds. The van der Waals surface area contributed by atoms with E-state index in [-0.39, 0.29) is 25.4 Å². The smallest absolute Gasteiger partial charge is 0.333 e. The zero-order valence-electron chi connectivity index (χ0n) is 17.5. The molecule has 0 aliphatic heterocycles. The molecular formula is C22H24N6O4. The van der Waals surface area contributed by atoms with E-state index in [1.165, 1.54) is 15.3 Å². The van der Waals surface area contributed by atoms with E-state index in [4.69, 9.17) is 15.9 Å². The highest BCUT2D eigenvalue weighted by atomic mass is 16.5. The summed E-state index contributed by atoms with van der Waals surface area (Å²) in [5.74, 6) is -0.946. The zero-order valence-corrected chi connectivity index (χ0v) is 17.5. The first-order valence-corrected chi connectivity index (χ1v) is 9.96. The summed E-state index contributed by atoms with van der Waals surface area (Å²) >= 11 is 0. The van der Waals surface area contributed by atoms with Gasteiger partial charge in [-0.25, -0.2) is 4.79 Å². The van der Waals surface area contributed by atoms with Crippen LogP contribution in [0, 0.1) is 5.41 Å². The number of rotatable bonds is 9. The van der Waals surface area contributed by atoms with Crippen LogP contribution in [0.2, 0.25) is 0 Å². The number of carbonyl (C=O) groups excluding carboxylic acids is 2. The van der Waals surface area contributed by atoms with Crippen molar-refractivity contribution in [2.24, 2.45) is 5.73 Å². The van der Waals surface area contributed by atoms with Gasteiger partial charge in [0.25, 0.3) is 0 Å². The lowest BCUT2D eigenvalue weighted by molar-refractivity contribution is -0.143. The molecule has 1 atom stereocenters. The second kappa shape index (κ2) is 10.2. The Morgan fingerprint density at radius 1 is 1.22 bits per heavy atom. The number of pyridine rings is 1. The second-order valence-corrected chi connectivity index (χ2v) is 6.95. The third kappa shape index (κ3) is 5.48. The summed E-state index contributed by atoms with van der Waals surface area (Å²) in [5.41, 5.74) is 6.83. The number of amidine groups is 1. The molecule has 10 nitrogen and oxygen atoms in total. The van der Waals surface area contributed by atoms with Gasteiger partial charge < -0.3 is 15.8 Å². The third-order valence-corrected chi connectivity index (χ3v) is 4.72. The predicted octanol–water partition coefficient (Wildman–Crippen LogP) is 1.13. The lowest BCUT2D eigenvalue weighted by Gasteiger charge is -2.18. The van der Waals surface area contributed by atoms with Crippen molar-refractivity contribution in [2.45, 2.75) is 25.9 Å². The van der Waals surface area contributed by atoms with Crippen LogP contribution in [0.15, 0.2) is 66.0 Å². The van der Waals surface area contributed by atoms with Crippen LogP contribution in [-0.2, 0) is 20.9 Å². The SMILES string of the molecule is CCOC(=O)CC(NC(=O)Cn1ccn(-c2ccc(C(=N)N)cc2)c1=O)c1cccnc1. The number of esters is 1. The van der Waals surface area contributed by atoms with Crippen molar-refractivity contribution in [1.82, 2.24) is 19.4 Å². The molecule has 0 saturated carbocycles. The summed E-state index contributed by atoms with van der Waals surface area (Å²) < 4.78 is 7.64. The van der Waals surface area contributed by atoms with Gasteiger partial charge in [-0.2, -0.15) is 0 Å². The molecule has 1 aromatic carbocycles. The molecule has 0 fully saturated rings. The monoisotopic (exact) mass is 436 g/mol. The fourth-order valence-electron chi connectivity index (χ4n) is 3.15. The lowest BCUT2D eigenvalue weighted by Crippen LogP contribution is -2.36. The fraction of sp³-hybridized carbons (Fsp3) is 0.227. The molecule has 166 valence electrons. The third-order valence-electron chi connectivity index (χ3n) is 4.72. The molecule has 0 radical (unpaired) electrons. The molecule has 0 bridgehead atoms. The van der Waals surface area contributed by atoms with E-state index in [2.05, 4.69) is 10.3 Å². The Morgan fingerprint density at radius 2 is 1.97 bits per heavy atom. The number of nitrogens with zero attached hydrogens (tertiary/aromatic N) is 3. The van der Waals surface area contributed by atoms with Crippen molar-refractivity contribution in [3.05, 3.63) is 82.8 Å². The molecule has 0 aliphatic rings. The topological polar surface area (TPSA) is 145 Å². The van der Waals surface area contributed by atoms with E-state index >= 15 is 0 Å². The van der Waals surface area contributed by atoms with Crippen LogP contribution >= 0.6 is 0 Å². The molecule has 32 heavy (non-hydrogen) atoms. The van der Waals surface area contributed by atoms with Gasteiger partial charge in [0.2, 0.25) is 5.91 Å². The summed E-state index contributed by atoms with van der Waals surface area (Å²) in [5, 5.41) is 10.2. The average Bonchev–Trinajstić information content (AvgIpc) is 3.14. The normalized spacial score (nSPS) is 11.5. The number of nitrogens with two attached hydrogens (primary N) is 1. The minimum atomic E-state index is -0.632. The average molecular weight is 436 g/mol. The summed E-state index contributed by atoms with van der Waals surface area (Å²) in [6.45, 7) is 1.72. The lowest BCUT2D eigenvalue weighted by atomic mass is 10.1. The Labute approximate surface area is 184 Å². The Bertz CT molecular complexity index is 1150. The largest absolute Gasteiger partial charge is 0.466 e. The maximum Gasteiger partial charge on any atom is 0.333 e. The Hall–Kier alpha value is -4.21. The molecule has 0 aliphatic carbocycles. The van der Waals surface area contributed by atoms with E-state index in [0.717, 1.165) is 0 Å². The number of aromatic nitrogens is 3. The van der Waals surface area contributed by atoms with Gasteiger partial charge in [-0.1, -0.05) is 6.07 Å². The Morgan fingerprint density at radius 3 is 2.59 bits per heavy atom. The van der Waals surface area contributed by atoms with Gasteiger partial charge in [-0.05, 0) is 42.8 Å². The predicted molar refractivity (Wildman–Crippen MR) is 117 cm³/mol. The number of benzene rings is 1. The van der Waals surface area contributed by atoms with Gasteiger partial charge in [0.15, 0.2) is 0 Å². The van der Waals surface area contributed by atoms with Gasteiger partial charge in [0, 0.05) is 30.4 Å². The maximum absolute atomic E-state index is 12.7. The number of nitrogen functional groups attached to an aromatic ring is 1. The molecular weight excluding hydrogens is 412 g/mol. The van der Waals surface area contributed by atoms with E-state index in [1.54, 1.807) is 61.9 Å². The molecule has 2 heterocycles. The van der Waals surface area contributed by atoms with Crippen LogP contribution in [-0.4, -0.2) is 38.4 Å². The first-order chi connectivity index (χ1) is 15.4. The highest BCUT2D eigenvalue weighted by Gasteiger charge is 2.20. The van der Waals surface area contributed by atoms with Crippen molar-refractivity contribution in [1.29, 1.82) is 5.41 Å². The van der Waals surface area contributed by atoms with Crippen LogP contribution in [0.25, 0.3) is 5.69 Å². The van der Waals surface area contributed by atoms with Gasteiger partial charge in [0.1, 0.15) is 12.4 Å². The summed E-state index contributed by atoms with van der Waals surface area (Å²) in [6.07, 6.45) is 6.17. The molecule has 1 unspecified atom stereocenters. The Balaban J connectivity index is 1.73. The van der Waals surface area contributed by atoms with Gasteiger partial charge in [-0.3, -0.25) is 29.1 Å². The van der Waals surface area contributed by atoms with Crippen molar-refractivity contribution in [2.75, 3.05) is 6.61 Å². The highest BCUT2D eigenvalue weighted by molar-refractivity contribution is 5.95. The number of amides is 1. The van der Waals surface area contributed by atoms with Crippen molar-refractivity contribution >= 4 is 17.7 Å². The van der Waals surface area contributed by atoms with Crippen molar-refractivity contribution in [3.63, 3.8) is 0 Å². The van der Waals surface area contributed by atoms with Crippen molar-refractivity contribution < 1.29 is 14.3 Å². The van der Waals surface area contributed by atoms with Gasteiger partial charge in [-0.15, -0.1) is 0 Å². The molecule has 3 aromatic rings. The number of imidazole rings is 1.